The van der Waals surface area contributed by atoms with Gasteiger partial charge in [-0.3, -0.25) is 19.2 Å². The normalized spacial score (nSPS) is 16.5. The Morgan fingerprint density at radius 2 is 1.23 bits per heavy atom. The second-order valence-corrected chi connectivity index (χ2v) is 12.9. The molecule has 2 aromatic rings. The van der Waals surface area contributed by atoms with Crippen molar-refractivity contribution >= 4 is 11.9 Å². The smallest absolute Gasteiger partial charge is 0.306 e. The number of ether oxygens (including phenoxy) is 2. The molecular weight excluding hydrogens is 600 g/mol. The Kier molecular flexibility index (Phi) is 14.4. The molecule has 0 radical (unpaired) electrons. The summed E-state index contributed by atoms with van der Waals surface area (Å²) in [5.74, 6) is -0.912. The van der Waals surface area contributed by atoms with Gasteiger partial charge in [0, 0.05) is 59.3 Å². The van der Waals surface area contributed by atoms with E-state index in [2.05, 4.69) is 0 Å². The minimum atomic E-state index is -0.856. The third-order valence-electron chi connectivity index (χ3n) is 9.45. The van der Waals surface area contributed by atoms with E-state index in [0.717, 1.165) is 0 Å². The van der Waals surface area contributed by atoms with E-state index in [4.69, 9.17) is 18.3 Å². The number of hydrogen-bond acceptors (Lipinski definition) is 9. The maximum absolute atomic E-state index is 13.4. The lowest BCUT2D eigenvalue weighted by Crippen LogP contribution is -2.40. The number of rotatable bonds is 15. The number of carbonyl (C=O) groups excluding carboxylic acids is 2. The number of aliphatic hydroxyl groups is 1. The van der Waals surface area contributed by atoms with E-state index in [0.29, 0.717) is 63.7 Å². The van der Waals surface area contributed by atoms with Gasteiger partial charge >= 0.3 is 11.9 Å². The van der Waals surface area contributed by atoms with Crippen LogP contribution >= 0.6 is 0 Å². The van der Waals surface area contributed by atoms with Crippen LogP contribution in [0, 0.1) is 33.6 Å². The maximum atomic E-state index is 13.4. The predicted octanol–water partition coefficient (Wildman–Crippen LogP) is 7.40. The highest BCUT2D eigenvalue weighted by molar-refractivity contribution is 5.70. The van der Waals surface area contributed by atoms with Crippen LogP contribution < -0.4 is 10.9 Å². The standard InChI is InChI=1S/C38H56O9/c1-14-28(39)21(7)36-24(10)33(43)25(11)37(47-36)27(13)38(46-31(41)17-4)26(12)35(45-30(40)16-3)20(6)18-19(5)34-23(9)32(42)22(8)29(15-2)44-34/h18-19,21,26-28,35,38-39H,14-17H2,1-13H3. The van der Waals surface area contributed by atoms with E-state index in [9.17, 15) is 24.3 Å². The molecule has 0 spiro atoms. The number of esters is 2. The Labute approximate surface area is 279 Å². The molecule has 262 valence electrons. The van der Waals surface area contributed by atoms with Crippen molar-refractivity contribution in [3.63, 3.8) is 0 Å². The second kappa shape index (κ2) is 17.1. The first-order valence-corrected chi connectivity index (χ1v) is 17.0. The summed E-state index contributed by atoms with van der Waals surface area (Å²) >= 11 is 0. The molecule has 7 atom stereocenters. The van der Waals surface area contributed by atoms with E-state index < -0.39 is 48.0 Å². The number of allylic oxidation sites excluding steroid dienone is 1. The molecule has 2 aromatic heterocycles. The number of aryl methyl sites for hydroxylation is 1. The Hall–Kier alpha value is -3.46. The van der Waals surface area contributed by atoms with Crippen molar-refractivity contribution in [1.82, 2.24) is 0 Å². The molecule has 1 N–H and O–H groups in total. The first kappa shape index (κ1) is 39.7. The summed E-state index contributed by atoms with van der Waals surface area (Å²) in [6.07, 6.45) is 0.847. The fourth-order valence-electron chi connectivity index (χ4n) is 6.38. The highest BCUT2D eigenvalue weighted by Gasteiger charge is 2.39. The number of aliphatic hydroxyl groups excluding tert-OH is 1. The van der Waals surface area contributed by atoms with Gasteiger partial charge in [-0.05, 0) is 46.6 Å². The zero-order chi connectivity index (χ0) is 35.9. The van der Waals surface area contributed by atoms with Crippen molar-refractivity contribution in [3.8, 4) is 0 Å². The summed E-state index contributed by atoms with van der Waals surface area (Å²) < 4.78 is 24.7. The van der Waals surface area contributed by atoms with Gasteiger partial charge in [-0.15, -0.1) is 0 Å². The topological polar surface area (TPSA) is 133 Å². The van der Waals surface area contributed by atoms with Crippen molar-refractivity contribution in [2.45, 2.75) is 152 Å². The quantitative estimate of drug-likeness (QED) is 0.154. The molecule has 0 aliphatic rings. The Morgan fingerprint density at radius 3 is 1.74 bits per heavy atom. The van der Waals surface area contributed by atoms with E-state index in [1.807, 2.05) is 54.5 Å². The van der Waals surface area contributed by atoms with E-state index in [1.165, 1.54) is 0 Å². The van der Waals surface area contributed by atoms with Crippen molar-refractivity contribution in [2.24, 2.45) is 5.92 Å². The van der Waals surface area contributed by atoms with Gasteiger partial charge in [0.05, 0.1) is 12.0 Å². The third-order valence-corrected chi connectivity index (χ3v) is 9.45. The molecule has 0 saturated carbocycles. The molecule has 0 fully saturated rings. The van der Waals surface area contributed by atoms with Gasteiger partial charge in [-0.1, -0.05) is 61.5 Å². The summed E-state index contributed by atoms with van der Waals surface area (Å²) in [6.45, 7) is 23.3. The molecule has 0 aliphatic carbocycles. The minimum Gasteiger partial charge on any atom is -0.465 e. The first-order valence-electron chi connectivity index (χ1n) is 17.0. The summed E-state index contributed by atoms with van der Waals surface area (Å²) in [7, 11) is 0. The zero-order valence-electron chi connectivity index (χ0n) is 30.7. The highest BCUT2D eigenvalue weighted by atomic mass is 16.6. The molecule has 7 unspecified atom stereocenters. The minimum absolute atomic E-state index is 0.0567. The maximum Gasteiger partial charge on any atom is 0.306 e. The molecule has 2 heterocycles. The summed E-state index contributed by atoms with van der Waals surface area (Å²) in [6, 6.07) is 0. The van der Waals surface area contributed by atoms with Crippen LogP contribution in [0.3, 0.4) is 0 Å². The fourth-order valence-corrected chi connectivity index (χ4v) is 6.38. The Morgan fingerprint density at radius 1 is 0.745 bits per heavy atom. The van der Waals surface area contributed by atoms with Crippen LogP contribution in [0.4, 0.5) is 0 Å². The predicted molar refractivity (Wildman–Crippen MR) is 183 cm³/mol. The average molecular weight is 657 g/mol. The highest BCUT2D eigenvalue weighted by Crippen LogP contribution is 2.36. The molecule has 9 nitrogen and oxygen atoms in total. The lowest BCUT2D eigenvalue weighted by molar-refractivity contribution is -0.160. The lowest BCUT2D eigenvalue weighted by Gasteiger charge is -2.35. The molecule has 47 heavy (non-hydrogen) atoms. The molecule has 0 saturated heterocycles. The van der Waals surface area contributed by atoms with Gasteiger partial charge in [-0.25, -0.2) is 0 Å². The van der Waals surface area contributed by atoms with Crippen LogP contribution in [0.2, 0.25) is 0 Å². The van der Waals surface area contributed by atoms with Gasteiger partial charge in [0.1, 0.15) is 35.2 Å². The monoisotopic (exact) mass is 656 g/mol. The van der Waals surface area contributed by atoms with E-state index in [-0.39, 0.29) is 29.6 Å². The van der Waals surface area contributed by atoms with Crippen LogP contribution in [-0.4, -0.2) is 35.4 Å². The molecule has 0 aliphatic heterocycles. The Bertz CT molecular complexity index is 1560. The molecule has 0 aromatic carbocycles. The van der Waals surface area contributed by atoms with Gasteiger partial charge in [0.15, 0.2) is 10.9 Å². The first-order chi connectivity index (χ1) is 22.0. The van der Waals surface area contributed by atoms with Gasteiger partial charge < -0.3 is 23.4 Å². The summed E-state index contributed by atoms with van der Waals surface area (Å²) in [5, 5.41) is 10.6. The largest absolute Gasteiger partial charge is 0.465 e. The molecule has 0 amide bonds. The molecule has 0 bridgehead atoms. The van der Waals surface area contributed by atoms with E-state index in [1.54, 1.807) is 41.5 Å². The third kappa shape index (κ3) is 8.92. The number of carbonyl (C=O) groups is 2. The van der Waals surface area contributed by atoms with Crippen molar-refractivity contribution in [3.05, 3.63) is 77.4 Å². The van der Waals surface area contributed by atoms with E-state index >= 15 is 0 Å². The SMILES string of the molecule is CCC(=O)OC(C(C)=CC(C)c1oc(CC)c(C)c(=O)c1C)C(C)C(OC(=O)CC)C(C)c1oc(C(C)C(O)CC)c(C)c(=O)c1C. The molecular formula is C38H56O9. The van der Waals surface area contributed by atoms with Crippen LogP contribution in [0.15, 0.2) is 30.1 Å². The summed E-state index contributed by atoms with van der Waals surface area (Å²) in [5.41, 5.74) is 2.38. The van der Waals surface area contributed by atoms with Gasteiger partial charge in [0.25, 0.3) is 0 Å². The van der Waals surface area contributed by atoms with Crippen LogP contribution in [-0.2, 0) is 25.5 Å². The average Bonchev–Trinajstić information content (AvgIpc) is 3.05. The van der Waals surface area contributed by atoms with Crippen molar-refractivity contribution in [2.75, 3.05) is 0 Å². The second-order valence-electron chi connectivity index (χ2n) is 12.9. The van der Waals surface area contributed by atoms with Crippen molar-refractivity contribution in [1.29, 1.82) is 0 Å². The fraction of sp³-hybridized carbons (Fsp3) is 0.632. The van der Waals surface area contributed by atoms with Crippen molar-refractivity contribution < 1.29 is 33.0 Å². The van der Waals surface area contributed by atoms with Gasteiger partial charge in [-0.2, -0.15) is 0 Å². The lowest BCUT2D eigenvalue weighted by atomic mass is 9.82. The van der Waals surface area contributed by atoms with Gasteiger partial charge in [0.2, 0.25) is 0 Å². The number of hydrogen-bond donors (Lipinski definition) is 1. The molecule has 9 heteroatoms. The Balaban J connectivity index is 2.73. The van der Waals surface area contributed by atoms with Crippen LogP contribution in [0.1, 0.15) is 145 Å². The molecule has 2 rings (SSSR count). The van der Waals surface area contributed by atoms with Crippen LogP contribution in [0.25, 0.3) is 0 Å². The van der Waals surface area contributed by atoms with Crippen LogP contribution in [0.5, 0.6) is 0 Å². The summed E-state index contributed by atoms with van der Waals surface area (Å²) in [4.78, 5) is 52.1. The zero-order valence-corrected chi connectivity index (χ0v) is 30.7.